The Morgan fingerprint density at radius 3 is 2.58 bits per heavy atom. The molecule has 3 nitrogen and oxygen atoms in total. The van der Waals surface area contributed by atoms with E-state index in [1.54, 1.807) is 0 Å². The summed E-state index contributed by atoms with van der Waals surface area (Å²) in [7, 11) is 0. The van der Waals surface area contributed by atoms with Crippen LogP contribution in [0, 0.1) is 0 Å². The van der Waals surface area contributed by atoms with Crippen molar-refractivity contribution in [2.24, 2.45) is 0 Å². The molecule has 0 aromatic heterocycles. The van der Waals surface area contributed by atoms with Gasteiger partial charge >= 0.3 is 0 Å². The molecule has 3 heteroatoms. The van der Waals surface area contributed by atoms with Crippen molar-refractivity contribution in [3.8, 4) is 0 Å². The number of aliphatic hydroxyl groups excluding tert-OH is 1. The first-order valence-electron chi connectivity index (χ1n) is 4.84. The van der Waals surface area contributed by atoms with Gasteiger partial charge in [-0.2, -0.15) is 0 Å². The summed E-state index contributed by atoms with van der Waals surface area (Å²) in [5.41, 5.74) is 0.116. The molecule has 2 aliphatic rings. The van der Waals surface area contributed by atoms with E-state index in [4.69, 9.17) is 4.74 Å². The van der Waals surface area contributed by atoms with Gasteiger partial charge in [0.2, 0.25) is 0 Å². The Balaban J connectivity index is 1.92. The summed E-state index contributed by atoms with van der Waals surface area (Å²) in [6, 6.07) is 0. The topological polar surface area (TPSA) is 41.5 Å². The van der Waals surface area contributed by atoms with Crippen LogP contribution in [0.25, 0.3) is 0 Å². The standard InChI is InChI=1S/C9H17NO2/c11-8-1-2-9(12-7-8)3-5-10-6-4-9/h8,10-11H,1-7H2. The number of rotatable bonds is 0. The third-order valence-corrected chi connectivity index (χ3v) is 3.03. The molecule has 1 unspecified atom stereocenters. The second kappa shape index (κ2) is 3.32. The molecule has 2 N–H and O–H groups in total. The lowest BCUT2D eigenvalue weighted by Crippen LogP contribution is -2.48. The summed E-state index contributed by atoms with van der Waals surface area (Å²) in [4.78, 5) is 0. The van der Waals surface area contributed by atoms with Gasteiger partial charge in [0.15, 0.2) is 0 Å². The first-order chi connectivity index (χ1) is 5.81. The Morgan fingerprint density at radius 2 is 2.00 bits per heavy atom. The minimum Gasteiger partial charge on any atom is -0.391 e. The summed E-state index contributed by atoms with van der Waals surface area (Å²) in [5, 5.41) is 12.6. The van der Waals surface area contributed by atoms with E-state index in [-0.39, 0.29) is 11.7 Å². The SMILES string of the molecule is OC1CCC2(CCNCC2)OC1. The number of aliphatic hydroxyl groups is 1. The van der Waals surface area contributed by atoms with Gasteiger partial charge in [-0.1, -0.05) is 0 Å². The molecular formula is C9H17NO2. The van der Waals surface area contributed by atoms with Crippen LogP contribution < -0.4 is 5.32 Å². The van der Waals surface area contributed by atoms with Crippen molar-refractivity contribution in [3.63, 3.8) is 0 Å². The van der Waals surface area contributed by atoms with Crippen LogP contribution in [-0.4, -0.2) is 36.5 Å². The van der Waals surface area contributed by atoms with Crippen LogP contribution in [0.5, 0.6) is 0 Å². The van der Waals surface area contributed by atoms with Gasteiger partial charge in [0.05, 0.1) is 18.3 Å². The highest BCUT2D eigenvalue weighted by atomic mass is 16.5. The number of nitrogens with one attached hydrogen (secondary N) is 1. The molecule has 2 rings (SSSR count). The molecule has 0 bridgehead atoms. The molecule has 0 radical (unpaired) electrons. The lowest BCUT2D eigenvalue weighted by molar-refractivity contribution is -0.136. The largest absolute Gasteiger partial charge is 0.391 e. The highest BCUT2D eigenvalue weighted by Crippen LogP contribution is 2.32. The van der Waals surface area contributed by atoms with E-state index in [0.717, 1.165) is 38.8 Å². The number of hydrogen-bond donors (Lipinski definition) is 2. The van der Waals surface area contributed by atoms with Gasteiger partial charge in [-0.25, -0.2) is 0 Å². The van der Waals surface area contributed by atoms with Crippen LogP contribution >= 0.6 is 0 Å². The van der Waals surface area contributed by atoms with E-state index in [1.807, 2.05) is 0 Å². The third-order valence-electron chi connectivity index (χ3n) is 3.03. The summed E-state index contributed by atoms with van der Waals surface area (Å²) < 4.78 is 5.73. The van der Waals surface area contributed by atoms with Crippen molar-refractivity contribution in [1.82, 2.24) is 5.32 Å². The number of hydrogen-bond acceptors (Lipinski definition) is 3. The van der Waals surface area contributed by atoms with E-state index >= 15 is 0 Å². The second-order valence-electron chi connectivity index (χ2n) is 3.94. The van der Waals surface area contributed by atoms with Crippen molar-refractivity contribution < 1.29 is 9.84 Å². The predicted octanol–water partition coefficient (Wildman–Crippen LogP) is 0.280. The molecule has 0 aliphatic carbocycles. The van der Waals surface area contributed by atoms with Gasteiger partial charge in [0, 0.05) is 0 Å². The maximum atomic E-state index is 9.28. The zero-order valence-corrected chi connectivity index (χ0v) is 7.38. The first-order valence-corrected chi connectivity index (χ1v) is 4.84. The average molecular weight is 171 g/mol. The second-order valence-corrected chi connectivity index (χ2v) is 3.94. The maximum absolute atomic E-state index is 9.28. The van der Waals surface area contributed by atoms with Gasteiger partial charge in [-0.05, 0) is 38.8 Å². The average Bonchev–Trinajstić information content (AvgIpc) is 2.13. The molecule has 1 spiro atoms. The summed E-state index contributed by atoms with van der Waals surface area (Å²) in [6.45, 7) is 2.67. The molecule has 2 fully saturated rings. The van der Waals surface area contributed by atoms with Crippen molar-refractivity contribution >= 4 is 0 Å². The van der Waals surface area contributed by atoms with Crippen molar-refractivity contribution in [3.05, 3.63) is 0 Å². The van der Waals surface area contributed by atoms with E-state index in [0.29, 0.717) is 6.61 Å². The van der Waals surface area contributed by atoms with Gasteiger partial charge in [0.1, 0.15) is 0 Å². The van der Waals surface area contributed by atoms with E-state index in [2.05, 4.69) is 5.32 Å². The lowest BCUT2D eigenvalue weighted by Gasteiger charge is -2.41. The van der Waals surface area contributed by atoms with Crippen molar-refractivity contribution in [1.29, 1.82) is 0 Å². The molecule has 0 saturated carbocycles. The minimum atomic E-state index is -0.217. The van der Waals surface area contributed by atoms with Gasteiger partial charge in [-0.15, -0.1) is 0 Å². The minimum absolute atomic E-state index is 0.116. The Hall–Kier alpha value is -0.120. The Bertz CT molecular complexity index is 145. The molecule has 0 aromatic carbocycles. The van der Waals surface area contributed by atoms with Crippen molar-refractivity contribution in [2.75, 3.05) is 19.7 Å². The quantitative estimate of drug-likeness (QED) is 0.550. The highest BCUT2D eigenvalue weighted by Gasteiger charge is 2.36. The lowest BCUT2D eigenvalue weighted by atomic mass is 9.85. The van der Waals surface area contributed by atoms with E-state index in [9.17, 15) is 5.11 Å². The molecule has 70 valence electrons. The molecule has 12 heavy (non-hydrogen) atoms. The Morgan fingerprint density at radius 1 is 1.25 bits per heavy atom. The predicted molar refractivity (Wildman–Crippen MR) is 46.0 cm³/mol. The maximum Gasteiger partial charge on any atom is 0.0775 e. The van der Waals surface area contributed by atoms with Crippen LogP contribution in [0.15, 0.2) is 0 Å². The Labute approximate surface area is 73.1 Å². The fraction of sp³-hybridized carbons (Fsp3) is 1.00. The summed E-state index contributed by atoms with van der Waals surface area (Å²) >= 11 is 0. The van der Waals surface area contributed by atoms with Gasteiger partial charge in [-0.3, -0.25) is 0 Å². The van der Waals surface area contributed by atoms with Gasteiger partial charge in [0.25, 0.3) is 0 Å². The van der Waals surface area contributed by atoms with Crippen LogP contribution in [0.3, 0.4) is 0 Å². The molecule has 0 aromatic rings. The van der Waals surface area contributed by atoms with E-state index in [1.165, 1.54) is 0 Å². The first kappa shape index (κ1) is 8.48. The number of ether oxygens (including phenoxy) is 1. The van der Waals surface area contributed by atoms with Crippen LogP contribution in [0.4, 0.5) is 0 Å². The smallest absolute Gasteiger partial charge is 0.0775 e. The molecule has 0 amide bonds. The summed E-state index contributed by atoms with van der Waals surface area (Å²) in [5.74, 6) is 0. The van der Waals surface area contributed by atoms with E-state index < -0.39 is 0 Å². The monoisotopic (exact) mass is 171 g/mol. The van der Waals surface area contributed by atoms with Crippen LogP contribution in [0.1, 0.15) is 25.7 Å². The molecule has 2 aliphatic heterocycles. The Kier molecular flexibility index (Phi) is 2.35. The normalized spacial score (nSPS) is 35.2. The zero-order chi connectivity index (χ0) is 8.44. The molecule has 1 atom stereocenters. The number of piperidine rings is 1. The molecular weight excluding hydrogens is 154 g/mol. The molecule has 2 saturated heterocycles. The molecule has 2 heterocycles. The fourth-order valence-corrected chi connectivity index (χ4v) is 2.13. The van der Waals surface area contributed by atoms with Crippen LogP contribution in [-0.2, 0) is 4.74 Å². The summed E-state index contributed by atoms with van der Waals surface area (Å²) in [6.07, 6.45) is 3.96. The van der Waals surface area contributed by atoms with Crippen molar-refractivity contribution in [2.45, 2.75) is 37.4 Å². The van der Waals surface area contributed by atoms with Gasteiger partial charge < -0.3 is 15.2 Å². The zero-order valence-electron chi connectivity index (χ0n) is 7.38. The highest BCUT2D eigenvalue weighted by molar-refractivity contribution is 4.89. The fourth-order valence-electron chi connectivity index (χ4n) is 2.13. The third kappa shape index (κ3) is 1.63. The van der Waals surface area contributed by atoms with Crippen LogP contribution in [0.2, 0.25) is 0 Å².